The number of nitrogens with zero attached hydrogens (tertiary/aromatic N) is 2. The maximum Gasteiger partial charge on any atom is 0.205 e. The molecule has 0 aliphatic rings. The highest BCUT2D eigenvalue weighted by Gasteiger charge is 2.08. The minimum Gasteiger partial charge on any atom is -0.367 e. The summed E-state index contributed by atoms with van der Waals surface area (Å²) in [6.07, 6.45) is 0.0677. The van der Waals surface area contributed by atoms with E-state index in [0.29, 0.717) is 6.61 Å². The van der Waals surface area contributed by atoms with Gasteiger partial charge in [0.15, 0.2) is 0 Å². The van der Waals surface area contributed by atoms with Gasteiger partial charge in [0.05, 0.1) is 6.10 Å². The average Bonchev–Trinajstić information content (AvgIpc) is 2.85. The molecular weight excluding hydrogens is 234 g/mol. The van der Waals surface area contributed by atoms with Crippen LogP contribution in [0.2, 0.25) is 0 Å². The highest BCUT2D eigenvalue weighted by molar-refractivity contribution is 7.15. The lowest BCUT2D eigenvalue weighted by atomic mass is 10.1. The molecule has 0 amide bonds. The number of ether oxygens (including phenoxy) is 1. The first-order valence-electron chi connectivity index (χ1n) is 5.46. The van der Waals surface area contributed by atoms with Gasteiger partial charge in [0.1, 0.15) is 11.6 Å². The quantitative estimate of drug-likeness (QED) is 0.885. The SMILES string of the molecule is CNc1nnc(COC(C)c2ccccc2)s1. The Kier molecular flexibility index (Phi) is 4.06. The predicted molar refractivity (Wildman–Crippen MR) is 69.1 cm³/mol. The molecule has 1 aromatic heterocycles. The fourth-order valence-corrected chi connectivity index (χ4v) is 2.05. The van der Waals surface area contributed by atoms with Crippen molar-refractivity contribution in [1.82, 2.24) is 10.2 Å². The first-order chi connectivity index (χ1) is 8.29. The smallest absolute Gasteiger partial charge is 0.205 e. The van der Waals surface area contributed by atoms with Gasteiger partial charge >= 0.3 is 0 Å². The average molecular weight is 249 g/mol. The number of aromatic nitrogens is 2. The van der Waals surface area contributed by atoms with Crippen molar-refractivity contribution in [3.05, 3.63) is 40.9 Å². The van der Waals surface area contributed by atoms with E-state index in [-0.39, 0.29) is 6.10 Å². The summed E-state index contributed by atoms with van der Waals surface area (Å²) in [6, 6.07) is 10.1. The van der Waals surface area contributed by atoms with Gasteiger partial charge < -0.3 is 10.1 Å². The third-order valence-electron chi connectivity index (χ3n) is 2.41. The van der Waals surface area contributed by atoms with E-state index in [0.717, 1.165) is 10.1 Å². The molecule has 90 valence electrons. The van der Waals surface area contributed by atoms with E-state index >= 15 is 0 Å². The summed E-state index contributed by atoms with van der Waals surface area (Å²) in [5.74, 6) is 0. The molecule has 0 aliphatic heterocycles. The monoisotopic (exact) mass is 249 g/mol. The molecule has 1 N–H and O–H groups in total. The van der Waals surface area contributed by atoms with Crippen molar-refractivity contribution < 1.29 is 4.74 Å². The number of anilines is 1. The van der Waals surface area contributed by atoms with Gasteiger partial charge in [-0.1, -0.05) is 41.7 Å². The van der Waals surface area contributed by atoms with Crippen molar-refractivity contribution in [1.29, 1.82) is 0 Å². The zero-order chi connectivity index (χ0) is 12.1. The van der Waals surface area contributed by atoms with Crippen molar-refractivity contribution in [3.8, 4) is 0 Å². The summed E-state index contributed by atoms with van der Waals surface area (Å²) >= 11 is 1.51. The molecule has 0 fully saturated rings. The minimum absolute atomic E-state index is 0.0677. The van der Waals surface area contributed by atoms with Crippen LogP contribution in [0.4, 0.5) is 5.13 Å². The van der Waals surface area contributed by atoms with E-state index in [1.807, 2.05) is 32.2 Å². The molecule has 1 heterocycles. The van der Waals surface area contributed by atoms with Crippen molar-refractivity contribution >= 4 is 16.5 Å². The molecule has 17 heavy (non-hydrogen) atoms. The van der Waals surface area contributed by atoms with Crippen LogP contribution in [-0.2, 0) is 11.3 Å². The number of rotatable bonds is 5. The Hall–Kier alpha value is -1.46. The van der Waals surface area contributed by atoms with Crippen LogP contribution in [0.25, 0.3) is 0 Å². The zero-order valence-electron chi connectivity index (χ0n) is 9.88. The predicted octanol–water partition coefficient (Wildman–Crippen LogP) is 2.86. The first kappa shape index (κ1) is 12.0. The standard InChI is InChI=1S/C12H15N3OS/c1-9(10-6-4-3-5-7-10)16-8-11-14-15-12(13-2)17-11/h3-7,9H,8H2,1-2H3,(H,13,15). The molecule has 0 spiro atoms. The topological polar surface area (TPSA) is 47.0 Å². The molecule has 0 radical (unpaired) electrons. The summed E-state index contributed by atoms with van der Waals surface area (Å²) in [4.78, 5) is 0. The van der Waals surface area contributed by atoms with Gasteiger partial charge in [0.25, 0.3) is 0 Å². The normalized spacial score (nSPS) is 12.4. The number of hydrogen-bond donors (Lipinski definition) is 1. The number of benzene rings is 1. The van der Waals surface area contributed by atoms with Crippen LogP contribution in [0, 0.1) is 0 Å². The lowest BCUT2D eigenvalue weighted by Crippen LogP contribution is -1.99. The zero-order valence-corrected chi connectivity index (χ0v) is 10.7. The fourth-order valence-electron chi connectivity index (χ4n) is 1.43. The molecule has 1 aromatic carbocycles. The Morgan fingerprint density at radius 2 is 2.06 bits per heavy atom. The summed E-state index contributed by atoms with van der Waals surface area (Å²) in [6.45, 7) is 2.53. The van der Waals surface area contributed by atoms with Gasteiger partial charge in [-0.3, -0.25) is 0 Å². The van der Waals surface area contributed by atoms with Crippen molar-refractivity contribution in [2.45, 2.75) is 19.6 Å². The largest absolute Gasteiger partial charge is 0.367 e. The van der Waals surface area contributed by atoms with Gasteiger partial charge in [-0.2, -0.15) is 0 Å². The Balaban J connectivity index is 1.90. The lowest BCUT2D eigenvalue weighted by molar-refractivity contribution is 0.0521. The van der Waals surface area contributed by atoms with E-state index in [2.05, 4.69) is 27.6 Å². The van der Waals surface area contributed by atoms with Gasteiger partial charge in [0, 0.05) is 7.05 Å². The number of hydrogen-bond acceptors (Lipinski definition) is 5. The maximum absolute atomic E-state index is 5.75. The van der Waals surface area contributed by atoms with E-state index < -0.39 is 0 Å². The van der Waals surface area contributed by atoms with E-state index in [1.165, 1.54) is 16.9 Å². The van der Waals surface area contributed by atoms with Crippen molar-refractivity contribution in [2.24, 2.45) is 0 Å². The highest BCUT2D eigenvalue weighted by atomic mass is 32.1. The molecule has 0 bridgehead atoms. The van der Waals surface area contributed by atoms with E-state index in [9.17, 15) is 0 Å². The second-order valence-corrected chi connectivity index (χ2v) is 4.68. The van der Waals surface area contributed by atoms with Crippen LogP contribution < -0.4 is 5.32 Å². The summed E-state index contributed by atoms with van der Waals surface area (Å²) in [5.41, 5.74) is 1.17. The third-order valence-corrected chi connectivity index (χ3v) is 3.32. The molecule has 2 aromatic rings. The molecule has 1 unspecified atom stereocenters. The molecule has 0 saturated heterocycles. The van der Waals surface area contributed by atoms with Gasteiger partial charge in [-0.25, -0.2) is 0 Å². The second kappa shape index (κ2) is 5.75. The Bertz CT molecular complexity index is 458. The molecule has 2 rings (SSSR count). The molecule has 4 nitrogen and oxygen atoms in total. The Morgan fingerprint density at radius 3 is 2.71 bits per heavy atom. The molecular formula is C12H15N3OS. The maximum atomic E-state index is 5.75. The lowest BCUT2D eigenvalue weighted by Gasteiger charge is -2.11. The first-order valence-corrected chi connectivity index (χ1v) is 6.28. The van der Waals surface area contributed by atoms with Gasteiger partial charge in [0.2, 0.25) is 5.13 Å². The van der Waals surface area contributed by atoms with E-state index in [4.69, 9.17) is 4.74 Å². The van der Waals surface area contributed by atoms with Crippen LogP contribution in [0.5, 0.6) is 0 Å². The Labute approximate surface area is 105 Å². The van der Waals surface area contributed by atoms with Crippen LogP contribution in [-0.4, -0.2) is 17.2 Å². The number of nitrogens with one attached hydrogen (secondary N) is 1. The van der Waals surface area contributed by atoms with Crippen LogP contribution in [0.3, 0.4) is 0 Å². The summed E-state index contributed by atoms with van der Waals surface area (Å²) < 4.78 is 5.75. The summed E-state index contributed by atoms with van der Waals surface area (Å²) in [7, 11) is 1.83. The molecule has 0 saturated carbocycles. The second-order valence-electron chi connectivity index (χ2n) is 3.61. The summed E-state index contributed by atoms with van der Waals surface area (Å²) in [5, 5.41) is 12.7. The van der Waals surface area contributed by atoms with Crippen LogP contribution in [0.1, 0.15) is 23.6 Å². The van der Waals surface area contributed by atoms with E-state index in [1.54, 1.807) is 0 Å². The van der Waals surface area contributed by atoms with Crippen molar-refractivity contribution in [3.63, 3.8) is 0 Å². The minimum atomic E-state index is 0.0677. The highest BCUT2D eigenvalue weighted by Crippen LogP contribution is 2.20. The van der Waals surface area contributed by atoms with Crippen LogP contribution in [0.15, 0.2) is 30.3 Å². The third kappa shape index (κ3) is 3.25. The fraction of sp³-hybridized carbons (Fsp3) is 0.333. The molecule has 0 aliphatic carbocycles. The van der Waals surface area contributed by atoms with Gasteiger partial charge in [-0.05, 0) is 12.5 Å². The Morgan fingerprint density at radius 1 is 1.29 bits per heavy atom. The van der Waals surface area contributed by atoms with Crippen molar-refractivity contribution in [2.75, 3.05) is 12.4 Å². The van der Waals surface area contributed by atoms with Crippen LogP contribution >= 0.6 is 11.3 Å². The van der Waals surface area contributed by atoms with Gasteiger partial charge in [-0.15, -0.1) is 10.2 Å². The molecule has 1 atom stereocenters. The molecule has 5 heteroatoms.